The standard InChI is InChI=1S/C28H23ClN4O4/c1-17-7-2-4-10-20(17)26(35)21-13-12-19(15-22(21)29)31-23-11-5-3-8-18(23)9-6-14-30-25(34)16-24-27(36)33-28(37)32-24/h2-13,15-16,31H,14H2,1H3,(H,30,34)(H2,32,33,36,37)/b9-6+,24-16?. The van der Waals surface area contributed by atoms with Gasteiger partial charge in [0.1, 0.15) is 5.70 Å². The maximum Gasteiger partial charge on any atom is 0.326 e. The number of halogens is 1. The van der Waals surface area contributed by atoms with Crippen LogP contribution < -0.4 is 21.3 Å². The highest BCUT2D eigenvalue weighted by Gasteiger charge is 2.23. The lowest BCUT2D eigenvalue weighted by molar-refractivity contribution is -0.118. The summed E-state index contributed by atoms with van der Waals surface area (Å²) in [4.78, 5) is 47.5. The predicted molar refractivity (Wildman–Crippen MR) is 143 cm³/mol. The number of nitrogens with one attached hydrogen (secondary N) is 4. The molecule has 1 heterocycles. The molecule has 3 aromatic carbocycles. The molecule has 0 unspecified atom stereocenters. The molecule has 8 nitrogen and oxygen atoms in total. The van der Waals surface area contributed by atoms with Crippen LogP contribution in [-0.4, -0.2) is 30.2 Å². The Morgan fingerprint density at radius 3 is 2.43 bits per heavy atom. The van der Waals surface area contributed by atoms with E-state index in [4.69, 9.17) is 11.6 Å². The SMILES string of the molecule is Cc1ccccc1C(=O)c1ccc(Nc2ccccc2/C=C/CNC(=O)C=C2NC(=O)NC2=O)cc1Cl. The van der Waals surface area contributed by atoms with Crippen molar-refractivity contribution in [2.75, 3.05) is 11.9 Å². The average Bonchev–Trinajstić information content (AvgIpc) is 3.18. The molecule has 37 heavy (non-hydrogen) atoms. The molecule has 0 aliphatic carbocycles. The number of carbonyl (C=O) groups is 4. The summed E-state index contributed by atoms with van der Waals surface area (Å²) in [6, 6.07) is 19.5. The van der Waals surface area contributed by atoms with Crippen LogP contribution in [0.4, 0.5) is 16.2 Å². The van der Waals surface area contributed by atoms with E-state index in [2.05, 4.69) is 16.0 Å². The largest absolute Gasteiger partial charge is 0.355 e. The van der Waals surface area contributed by atoms with Gasteiger partial charge in [-0.3, -0.25) is 19.7 Å². The maximum absolute atomic E-state index is 12.9. The molecule has 0 bridgehead atoms. The summed E-state index contributed by atoms with van der Waals surface area (Å²) in [6.07, 6.45) is 4.61. The van der Waals surface area contributed by atoms with E-state index in [1.165, 1.54) is 0 Å². The smallest absolute Gasteiger partial charge is 0.326 e. The van der Waals surface area contributed by atoms with Gasteiger partial charge in [-0.15, -0.1) is 0 Å². The molecule has 3 aromatic rings. The van der Waals surface area contributed by atoms with E-state index in [1.54, 1.807) is 30.3 Å². The van der Waals surface area contributed by atoms with Crippen molar-refractivity contribution in [1.82, 2.24) is 16.0 Å². The van der Waals surface area contributed by atoms with Crippen LogP contribution in [0.1, 0.15) is 27.0 Å². The number of imide groups is 1. The highest BCUT2D eigenvalue weighted by Crippen LogP contribution is 2.28. The molecule has 0 atom stereocenters. The quantitative estimate of drug-likeness (QED) is 0.201. The van der Waals surface area contributed by atoms with Gasteiger partial charge in [-0.25, -0.2) is 4.79 Å². The van der Waals surface area contributed by atoms with E-state index in [0.717, 1.165) is 22.9 Å². The van der Waals surface area contributed by atoms with Crippen LogP contribution >= 0.6 is 11.6 Å². The second-order valence-electron chi connectivity index (χ2n) is 8.16. The lowest BCUT2D eigenvalue weighted by Gasteiger charge is -2.12. The molecule has 0 aromatic heterocycles. The normalized spacial score (nSPS) is 13.9. The van der Waals surface area contributed by atoms with Gasteiger partial charge < -0.3 is 16.0 Å². The molecule has 1 aliphatic rings. The van der Waals surface area contributed by atoms with Crippen molar-refractivity contribution in [3.05, 3.63) is 112 Å². The molecular weight excluding hydrogens is 492 g/mol. The van der Waals surface area contributed by atoms with Crippen molar-refractivity contribution >= 4 is 52.7 Å². The van der Waals surface area contributed by atoms with Crippen molar-refractivity contribution in [3.8, 4) is 0 Å². The predicted octanol–water partition coefficient (Wildman–Crippen LogP) is 4.48. The zero-order chi connectivity index (χ0) is 26.4. The van der Waals surface area contributed by atoms with Gasteiger partial charge in [-0.1, -0.05) is 66.2 Å². The fraction of sp³-hybridized carbons (Fsp3) is 0.0714. The molecule has 4 amide bonds. The number of para-hydroxylation sites is 1. The van der Waals surface area contributed by atoms with E-state index in [1.807, 2.05) is 60.8 Å². The van der Waals surface area contributed by atoms with Crippen molar-refractivity contribution in [2.24, 2.45) is 0 Å². The van der Waals surface area contributed by atoms with Gasteiger partial charge >= 0.3 is 6.03 Å². The fourth-order valence-electron chi connectivity index (χ4n) is 3.67. The van der Waals surface area contributed by atoms with E-state index in [-0.39, 0.29) is 18.0 Å². The lowest BCUT2D eigenvalue weighted by atomic mass is 9.99. The third-order valence-corrected chi connectivity index (χ3v) is 5.84. The Labute approximate surface area is 218 Å². The molecule has 4 N–H and O–H groups in total. The molecule has 4 rings (SSSR count). The van der Waals surface area contributed by atoms with E-state index in [0.29, 0.717) is 21.8 Å². The molecular formula is C28H23ClN4O4. The lowest BCUT2D eigenvalue weighted by Crippen LogP contribution is -2.23. The van der Waals surface area contributed by atoms with Gasteiger partial charge in [0.25, 0.3) is 5.91 Å². The van der Waals surface area contributed by atoms with Crippen LogP contribution in [0.25, 0.3) is 6.08 Å². The Bertz CT molecular complexity index is 1460. The minimum Gasteiger partial charge on any atom is -0.355 e. The Morgan fingerprint density at radius 1 is 0.946 bits per heavy atom. The molecule has 9 heteroatoms. The van der Waals surface area contributed by atoms with Gasteiger partial charge in [-0.05, 0) is 42.3 Å². The maximum atomic E-state index is 12.9. The first-order valence-corrected chi connectivity index (χ1v) is 11.7. The van der Waals surface area contributed by atoms with Crippen LogP contribution in [0.5, 0.6) is 0 Å². The van der Waals surface area contributed by atoms with Crippen molar-refractivity contribution < 1.29 is 19.2 Å². The molecule has 0 saturated carbocycles. The Morgan fingerprint density at radius 2 is 1.70 bits per heavy atom. The van der Waals surface area contributed by atoms with Crippen LogP contribution in [0.15, 0.2) is 84.6 Å². The highest BCUT2D eigenvalue weighted by atomic mass is 35.5. The van der Waals surface area contributed by atoms with Crippen molar-refractivity contribution in [1.29, 1.82) is 0 Å². The first kappa shape index (κ1) is 25.4. The minimum atomic E-state index is -0.665. The number of rotatable bonds is 8. The van der Waals surface area contributed by atoms with Crippen molar-refractivity contribution in [3.63, 3.8) is 0 Å². The number of hydrogen-bond acceptors (Lipinski definition) is 5. The van der Waals surface area contributed by atoms with E-state index >= 15 is 0 Å². The summed E-state index contributed by atoms with van der Waals surface area (Å²) >= 11 is 6.47. The number of ketones is 1. The second kappa shape index (κ2) is 11.4. The van der Waals surface area contributed by atoms with Crippen LogP contribution in [0, 0.1) is 6.92 Å². The van der Waals surface area contributed by atoms with Gasteiger partial charge in [0.2, 0.25) is 5.91 Å². The van der Waals surface area contributed by atoms with Gasteiger partial charge in [0, 0.05) is 35.1 Å². The summed E-state index contributed by atoms with van der Waals surface area (Å²) < 4.78 is 0. The molecule has 1 saturated heterocycles. The monoisotopic (exact) mass is 514 g/mol. The van der Waals surface area contributed by atoms with Gasteiger partial charge in [0.15, 0.2) is 5.78 Å². The first-order valence-electron chi connectivity index (χ1n) is 11.4. The third kappa shape index (κ3) is 6.31. The summed E-state index contributed by atoms with van der Waals surface area (Å²) in [6.45, 7) is 2.09. The summed E-state index contributed by atoms with van der Waals surface area (Å²) in [7, 11) is 0. The number of benzene rings is 3. The van der Waals surface area contributed by atoms with Crippen LogP contribution in [0.3, 0.4) is 0 Å². The topological polar surface area (TPSA) is 116 Å². The Kier molecular flexibility index (Phi) is 7.80. The van der Waals surface area contributed by atoms with Gasteiger partial charge in [-0.2, -0.15) is 0 Å². The van der Waals surface area contributed by atoms with Crippen LogP contribution in [0.2, 0.25) is 5.02 Å². The first-order chi connectivity index (χ1) is 17.8. The average molecular weight is 515 g/mol. The Hall–Kier alpha value is -4.69. The van der Waals surface area contributed by atoms with E-state index in [9.17, 15) is 19.2 Å². The third-order valence-electron chi connectivity index (χ3n) is 5.53. The Balaban J connectivity index is 1.41. The van der Waals surface area contributed by atoms with Crippen LogP contribution in [-0.2, 0) is 9.59 Å². The summed E-state index contributed by atoms with van der Waals surface area (Å²) in [5, 5.41) is 10.6. The zero-order valence-electron chi connectivity index (χ0n) is 19.8. The molecule has 1 aliphatic heterocycles. The number of urea groups is 1. The molecule has 0 spiro atoms. The molecule has 186 valence electrons. The van der Waals surface area contributed by atoms with E-state index < -0.39 is 17.8 Å². The number of hydrogen-bond donors (Lipinski definition) is 4. The zero-order valence-corrected chi connectivity index (χ0v) is 20.6. The minimum absolute atomic E-state index is 0.105. The summed E-state index contributed by atoms with van der Waals surface area (Å²) in [5.74, 6) is -1.30. The van der Waals surface area contributed by atoms with Gasteiger partial charge in [0.05, 0.1) is 5.02 Å². The molecule has 1 fully saturated rings. The van der Waals surface area contributed by atoms with Crippen molar-refractivity contribution in [2.45, 2.75) is 6.92 Å². The molecule has 0 radical (unpaired) electrons. The number of aryl methyl sites for hydroxylation is 1. The number of amides is 4. The number of carbonyl (C=O) groups excluding carboxylic acids is 4. The highest BCUT2D eigenvalue weighted by molar-refractivity contribution is 6.35. The number of anilines is 2. The fourth-order valence-corrected chi connectivity index (χ4v) is 3.94. The second-order valence-corrected chi connectivity index (χ2v) is 8.57. The summed E-state index contributed by atoms with van der Waals surface area (Å²) in [5.41, 5.74) is 4.18.